The molecule has 2 aromatic carbocycles. The van der Waals surface area contributed by atoms with Crippen molar-refractivity contribution in [1.82, 2.24) is 5.32 Å². The highest BCUT2D eigenvalue weighted by molar-refractivity contribution is 5.96. The zero-order chi connectivity index (χ0) is 22.9. The minimum atomic E-state index is -0.303. The zero-order valence-electron chi connectivity index (χ0n) is 20.1. The minimum absolute atomic E-state index is 0.0729. The Morgan fingerprint density at radius 3 is 2.59 bits per heavy atom. The maximum Gasteiger partial charge on any atom is 0.164 e. The topological polar surface area (TPSA) is 29.1 Å². The van der Waals surface area contributed by atoms with Crippen LogP contribution in [0.5, 0.6) is 0 Å². The number of carbonyl (C=O) groups excluding carboxylic acids is 1. The molecule has 4 rings (SSSR count). The third kappa shape index (κ3) is 4.41. The van der Waals surface area contributed by atoms with Crippen LogP contribution in [0.4, 0.5) is 4.39 Å². The highest BCUT2D eigenvalue weighted by Gasteiger charge is 2.51. The predicted molar refractivity (Wildman–Crippen MR) is 130 cm³/mol. The predicted octanol–water partition coefficient (Wildman–Crippen LogP) is 6.82. The Labute approximate surface area is 193 Å². The largest absolute Gasteiger partial charge is 0.316 e. The summed E-state index contributed by atoms with van der Waals surface area (Å²) in [6.45, 7) is 11.1. The standard InChI is InChI=1S/C29H38FNO/c1-20(2)22-8-12-25-23(18-22)9-13-27-28(3,15-5-16-29(25,27)4)19-31-17-14-26(32)21-6-10-24(30)11-7-21/h6-8,10-12,18,20,27,31H,5,9,13-17,19H2,1-4H3. The summed E-state index contributed by atoms with van der Waals surface area (Å²) in [7, 11) is 0. The molecule has 2 aliphatic rings. The number of hydrogen-bond acceptors (Lipinski definition) is 2. The second-order valence-corrected chi connectivity index (χ2v) is 10.9. The fourth-order valence-corrected chi connectivity index (χ4v) is 6.57. The summed E-state index contributed by atoms with van der Waals surface area (Å²) in [4.78, 5) is 12.4. The molecule has 0 amide bonds. The van der Waals surface area contributed by atoms with Gasteiger partial charge in [0.05, 0.1) is 0 Å². The van der Waals surface area contributed by atoms with E-state index in [-0.39, 0.29) is 22.4 Å². The Balaban J connectivity index is 1.41. The molecule has 2 aromatic rings. The molecular formula is C29H38FNO. The normalized spacial score (nSPS) is 27.1. The summed E-state index contributed by atoms with van der Waals surface area (Å²) in [6.07, 6.45) is 6.64. The smallest absolute Gasteiger partial charge is 0.164 e. The number of aryl methyl sites for hydroxylation is 1. The van der Waals surface area contributed by atoms with Gasteiger partial charge in [-0.1, -0.05) is 52.3 Å². The lowest BCUT2D eigenvalue weighted by Gasteiger charge is -2.55. The first-order valence-electron chi connectivity index (χ1n) is 12.4. The van der Waals surface area contributed by atoms with Gasteiger partial charge >= 0.3 is 0 Å². The van der Waals surface area contributed by atoms with Gasteiger partial charge in [0.2, 0.25) is 0 Å². The average Bonchev–Trinajstić information content (AvgIpc) is 2.76. The summed E-state index contributed by atoms with van der Waals surface area (Å²) in [5.41, 5.74) is 5.67. The van der Waals surface area contributed by atoms with E-state index in [2.05, 4.69) is 51.2 Å². The number of hydrogen-bond donors (Lipinski definition) is 1. The molecule has 0 aromatic heterocycles. The number of nitrogens with one attached hydrogen (secondary N) is 1. The molecular weight excluding hydrogens is 397 g/mol. The van der Waals surface area contributed by atoms with Gasteiger partial charge in [-0.2, -0.15) is 0 Å². The first-order chi connectivity index (χ1) is 15.2. The molecule has 172 valence electrons. The van der Waals surface area contributed by atoms with Gasteiger partial charge in [0.1, 0.15) is 5.82 Å². The lowest BCUT2D eigenvalue weighted by Crippen LogP contribution is -2.52. The Morgan fingerprint density at radius 2 is 1.88 bits per heavy atom. The maximum absolute atomic E-state index is 13.1. The maximum atomic E-state index is 13.1. The Kier molecular flexibility index (Phi) is 6.58. The van der Waals surface area contributed by atoms with Gasteiger partial charge in [-0.3, -0.25) is 4.79 Å². The molecule has 1 fully saturated rings. The zero-order valence-corrected chi connectivity index (χ0v) is 20.1. The number of Topliss-reactive ketones (excluding diaryl/α,β-unsaturated/α-hetero) is 1. The molecule has 0 bridgehead atoms. The number of carbonyl (C=O) groups is 1. The van der Waals surface area contributed by atoms with Crippen LogP contribution < -0.4 is 5.32 Å². The summed E-state index contributed by atoms with van der Waals surface area (Å²) >= 11 is 0. The fourth-order valence-electron chi connectivity index (χ4n) is 6.57. The molecule has 2 aliphatic carbocycles. The van der Waals surface area contributed by atoms with Crippen LogP contribution in [-0.2, 0) is 11.8 Å². The van der Waals surface area contributed by atoms with E-state index in [1.54, 1.807) is 23.3 Å². The fraction of sp³-hybridized carbons (Fsp3) is 0.552. The van der Waals surface area contributed by atoms with E-state index in [4.69, 9.17) is 0 Å². The average molecular weight is 436 g/mol. The number of benzene rings is 2. The van der Waals surface area contributed by atoms with Crippen LogP contribution in [0.3, 0.4) is 0 Å². The molecule has 3 unspecified atom stereocenters. The molecule has 0 saturated heterocycles. The van der Waals surface area contributed by atoms with Crippen molar-refractivity contribution in [3.05, 3.63) is 70.5 Å². The van der Waals surface area contributed by atoms with Crippen LogP contribution in [0.15, 0.2) is 42.5 Å². The number of fused-ring (bicyclic) bond motifs is 3. The van der Waals surface area contributed by atoms with Gasteiger partial charge in [0, 0.05) is 25.1 Å². The van der Waals surface area contributed by atoms with Crippen LogP contribution in [0.1, 0.15) is 92.8 Å². The summed E-state index contributed by atoms with van der Waals surface area (Å²) < 4.78 is 13.1. The molecule has 0 aliphatic heterocycles. The van der Waals surface area contributed by atoms with Gasteiger partial charge in [-0.25, -0.2) is 4.39 Å². The van der Waals surface area contributed by atoms with E-state index in [1.807, 2.05) is 0 Å². The van der Waals surface area contributed by atoms with Crippen molar-refractivity contribution >= 4 is 5.78 Å². The van der Waals surface area contributed by atoms with Gasteiger partial charge in [-0.05, 0) is 89.3 Å². The summed E-state index contributed by atoms with van der Waals surface area (Å²) in [6, 6.07) is 13.1. The highest BCUT2D eigenvalue weighted by Crippen LogP contribution is 2.57. The number of halogens is 1. The van der Waals surface area contributed by atoms with Gasteiger partial charge in [0.15, 0.2) is 5.78 Å². The SMILES string of the molecule is CC(C)c1ccc2c(c1)CCC1C(C)(CNCCC(=O)c3ccc(F)cc3)CCCC21C. The van der Waals surface area contributed by atoms with Gasteiger partial charge in [-0.15, -0.1) is 0 Å². The third-order valence-corrected chi connectivity index (χ3v) is 8.39. The molecule has 0 spiro atoms. The van der Waals surface area contributed by atoms with Crippen molar-refractivity contribution in [2.45, 2.75) is 77.6 Å². The van der Waals surface area contributed by atoms with E-state index in [9.17, 15) is 9.18 Å². The first kappa shape index (κ1) is 23.2. The van der Waals surface area contributed by atoms with Crippen molar-refractivity contribution in [3.8, 4) is 0 Å². The second kappa shape index (κ2) is 9.09. The van der Waals surface area contributed by atoms with Crippen LogP contribution in [0, 0.1) is 17.2 Å². The summed E-state index contributed by atoms with van der Waals surface area (Å²) in [5, 5.41) is 3.61. The molecule has 0 radical (unpaired) electrons. The van der Waals surface area contributed by atoms with E-state index >= 15 is 0 Å². The Hall–Kier alpha value is -2.00. The molecule has 1 saturated carbocycles. The van der Waals surface area contributed by atoms with E-state index in [0.29, 0.717) is 30.4 Å². The third-order valence-electron chi connectivity index (χ3n) is 8.39. The van der Waals surface area contributed by atoms with Crippen molar-refractivity contribution in [1.29, 1.82) is 0 Å². The van der Waals surface area contributed by atoms with E-state index in [1.165, 1.54) is 49.8 Å². The molecule has 2 nitrogen and oxygen atoms in total. The first-order valence-corrected chi connectivity index (χ1v) is 12.4. The van der Waals surface area contributed by atoms with Crippen LogP contribution >= 0.6 is 0 Å². The monoisotopic (exact) mass is 435 g/mol. The second-order valence-electron chi connectivity index (χ2n) is 10.9. The van der Waals surface area contributed by atoms with Crippen molar-refractivity contribution in [2.75, 3.05) is 13.1 Å². The van der Waals surface area contributed by atoms with Crippen LogP contribution in [-0.4, -0.2) is 18.9 Å². The molecule has 32 heavy (non-hydrogen) atoms. The number of rotatable bonds is 7. The van der Waals surface area contributed by atoms with E-state index < -0.39 is 0 Å². The van der Waals surface area contributed by atoms with Crippen molar-refractivity contribution in [2.24, 2.45) is 11.3 Å². The van der Waals surface area contributed by atoms with Gasteiger partial charge < -0.3 is 5.32 Å². The van der Waals surface area contributed by atoms with Crippen molar-refractivity contribution in [3.63, 3.8) is 0 Å². The lowest BCUT2D eigenvalue weighted by molar-refractivity contribution is 0.0260. The Morgan fingerprint density at radius 1 is 1.12 bits per heavy atom. The van der Waals surface area contributed by atoms with Crippen molar-refractivity contribution < 1.29 is 9.18 Å². The molecule has 3 atom stereocenters. The highest BCUT2D eigenvalue weighted by atomic mass is 19.1. The Bertz CT molecular complexity index is 966. The van der Waals surface area contributed by atoms with Crippen LogP contribution in [0.25, 0.3) is 0 Å². The minimum Gasteiger partial charge on any atom is -0.316 e. The number of ketones is 1. The summed E-state index contributed by atoms with van der Waals surface area (Å²) in [5.74, 6) is 0.997. The molecule has 3 heteroatoms. The van der Waals surface area contributed by atoms with Gasteiger partial charge in [0.25, 0.3) is 0 Å². The van der Waals surface area contributed by atoms with Crippen LogP contribution in [0.2, 0.25) is 0 Å². The molecule has 0 heterocycles. The lowest BCUT2D eigenvalue weighted by atomic mass is 9.49. The molecule has 1 N–H and O–H groups in total. The quantitative estimate of drug-likeness (QED) is 0.382. The van der Waals surface area contributed by atoms with E-state index in [0.717, 1.165) is 6.54 Å².